The van der Waals surface area contributed by atoms with Crippen LogP contribution in [0.3, 0.4) is 0 Å². The highest BCUT2D eigenvalue weighted by molar-refractivity contribution is 6.08. The van der Waals surface area contributed by atoms with Gasteiger partial charge in [-0.2, -0.15) is 0 Å². The lowest BCUT2D eigenvalue weighted by molar-refractivity contribution is -0.385. The molecule has 256 valence electrons. The summed E-state index contributed by atoms with van der Waals surface area (Å²) in [4.78, 5) is 55.9. The average Bonchev–Trinajstić information content (AvgIpc) is 3.33. The van der Waals surface area contributed by atoms with Gasteiger partial charge >= 0.3 is 0 Å². The summed E-state index contributed by atoms with van der Waals surface area (Å²) < 4.78 is 5.58. The van der Waals surface area contributed by atoms with Crippen LogP contribution in [0.25, 0.3) is 0 Å². The molecule has 0 bridgehead atoms. The Morgan fingerprint density at radius 2 is 1.74 bits per heavy atom. The molecule has 2 atom stereocenters. The van der Waals surface area contributed by atoms with Crippen LogP contribution in [0, 0.1) is 16.0 Å². The van der Waals surface area contributed by atoms with Crippen LogP contribution in [-0.4, -0.2) is 57.5 Å². The van der Waals surface area contributed by atoms with Gasteiger partial charge in [-0.05, 0) is 41.5 Å². The number of rotatable bonds is 12. The van der Waals surface area contributed by atoms with Crippen molar-refractivity contribution < 1.29 is 34.3 Å². The van der Waals surface area contributed by atoms with Crippen LogP contribution in [0.1, 0.15) is 30.0 Å². The van der Waals surface area contributed by atoms with Crippen molar-refractivity contribution in [2.24, 2.45) is 5.92 Å². The predicted molar refractivity (Wildman–Crippen MR) is 186 cm³/mol. The number of benzene rings is 4. The molecule has 0 spiro atoms. The van der Waals surface area contributed by atoms with Gasteiger partial charge in [-0.1, -0.05) is 73.7 Å². The van der Waals surface area contributed by atoms with Gasteiger partial charge in [0.1, 0.15) is 5.75 Å². The molecule has 2 aliphatic heterocycles. The van der Waals surface area contributed by atoms with Crippen molar-refractivity contribution in [2.45, 2.75) is 32.0 Å². The second-order valence-electron chi connectivity index (χ2n) is 12.2. The number of para-hydroxylation sites is 2. The Bertz CT molecular complexity index is 1970. The molecule has 3 amide bonds. The van der Waals surface area contributed by atoms with E-state index in [1.807, 2.05) is 36.4 Å². The number of ether oxygens (including phenoxy) is 1. The molecule has 2 N–H and O–H groups in total. The van der Waals surface area contributed by atoms with E-state index in [1.165, 1.54) is 28.0 Å². The van der Waals surface area contributed by atoms with Crippen molar-refractivity contribution in [1.29, 1.82) is 0 Å². The largest absolute Gasteiger partial charge is 0.482 e. The molecule has 0 radical (unpaired) electrons. The molecular weight excluding hydrogens is 640 g/mol. The van der Waals surface area contributed by atoms with E-state index in [4.69, 9.17) is 4.74 Å². The fourth-order valence-electron chi connectivity index (χ4n) is 6.43. The summed E-state index contributed by atoms with van der Waals surface area (Å²) in [5.74, 6) is -1.52. The van der Waals surface area contributed by atoms with Gasteiger partial charge in [-0.15, -0.1) is 0 Å². The summed E-state index contributed by atoms with van der Waals surface area (Å²) in [7, 11) is 0. The molecule has 0 fully saturated rings. The lowest BCUT2D eigenvalue weighted by Gasteiger charge is -2.30. The van der Waals surface area contributed by atoms with E-state index < -0.39 is 22.3 Å². The number of fused-ring (bicyclic) bond motifs is 2. The maximum Gasteiger partial charge on any atom is 0.269 e. The highest BCUT2D eigenvalue weighted by atomic mass is 16.6. The first-order valence-corrected chi connectivity index (χ1v) is 16.2. The average molecular weight is 677 g/mol. The van der Waals surface area contributed by atoms with E-state index in [1.54, 1.807) is 66.4 Å². The summed E-state index contributed by atoms with van der Waals surface area (Å²) in [6.07, 6.45) is 3.07. The first-order valence-electron chi connectivity index (χ1n) is 16.2. The Hall–Kier alpha value is -5.85. The van der Waals surface area contributed by atoms with E-state index in [0.717, 1.165) is 5.56 Å². The summed E-state index contributed by atoms with van der Waals surface area (Å²) in [5.41, 5.74) is 0.651. The van der Waals surface area contributed by atoms with Crippen molar-refractivity contribution in [1.82, 2.24) is 4.90 Å². The summed E-state index contributed by atoms with van der Waals surface area (Å²) in [6, 6.07) is 27.6. The Kier molecular flexibility index (Phi) is 9.75. The third kappa shape index (κ3) is 6.58. The number of aliphatic hydroxyl groups is 2. The first kappa shape index (κ1) is 34.0. The van der Waals surface area contributed by atoms with Crippen molar-refractivity contribution in [3.63, 3.8) is 0 Å². The lowest BCUT2D eigenvalue weighted by atomic mass is 9.82. The first-order chi connectivity index (χ1) is 24.1. The Morgan fingerprint density at radius 1 is 1.00 bits per heavy atom. The van der Waals surface area contributed by atoms with Gasteiger partial charge in [-0.3, -0.25) is 29.4 Å². The van der Waals surface area contributed by atoms with Crippen LogP contribution in [-0.2, 0) is 33.1 Å². The van der Waals surface area contributed by atoms with Gasteiger partial charge in [-0.25, -0.2) is 0 Å². The molecule has 4 aromatic rings. The van der Waals surface area contributed by atoms with Crippen LogP contribution in [0.5, 0.6) is 5.75 Å². The highest BCUT2D eigenvalue weighted by Crippen LogP contribution is 2.47. The maximum atomic E-state index is 14.2. The zero-order valence-corrected chi connectivity index (χ0v) is 27.3. The van der Waals surface area contributed by atoms with Crippen molar-refractivity contribution >= 4 is 40.5 Å². The monoisotopic (exact) mass is 676 g/mol. The van der Waals surface area contributed by atoms with E-state index in [0.29, 0.717) is 34.9 Å². The highest BCUT2D eigenvalue weighted by Gasteiger charge is 2.53. The molecule has 0 unspecified atom stereocenters. The Labute approximate surface area is 288 Å². The van der Waals surface area contributed by atoms with Crippen molar-refractivity contribution in [3.05, 3.63) is 136 Å². The molecule has 12 nitrogen and oxygen atoms in total. The smallest absolute Gasteiger partial charge is 0.269 e. The van der Waals surface area contributed by atoms with Crippen molar-refractivity contribution in [3.8, 4) is 5.75 Å². The van der Waals surface area contributed by atoms with Crippen LogP contribution in [0.4, 0.5) is 22.7 Å². The molecule has 2 heterocycles. The molecule has 2 aliphatic rings. The Morgan fingerprint density at radius 3 is 2.50 bits per heavy atom. The summed E-state index contributed by atoms with van der Waals surface area (Å²) in [5, 5.41) is 33.4. The molecule has 0 saturated carbocycles. The number of hydrogen-bond donors (Lipinski definition) is 2. The maximum absolute atomic E-state index is 14.2. The number of nitro groups is 1. The fraction of sp³-hybridized carbons (Fsp3) is 0.237. The summed E-state index contributed by atoms with van der Waals surface area (Å²) in [6.45, 7) is 1.73. The number of anilines is 3. The molecule has 6 rings (SSSR count). The Balaban J connectivity index is 1.26. The molecular formula is C38H36N4O8. The number of amides is 3. The number of nitro benzene ring substituents is 1. The van der Waals surface area contributed by atoms with Crippen LogP contribution >= 0.6 is 0 Å². The number of aliphatic hydroxyl groups excluding tert-OH is 1. The van der Waals surface area contributed by atoms with Gasteiger partial charge in [0.05, 0.1) is 29.4 Å². The third-order valence-electron chi connectivity index (χ3n) is 8.99. The minimum absolute atomic E-state index is 0.00446. The number of nitrogens with zero attached hydrogens (tertiary/aromatic N) is 4. The molecule has 50 heavy (non-hydrogen) atoms. The molecule has 0 saturated heterocycles. The van der Waals surface area contributed by atoms with E-state index in [-0.39, 0.29) is 55.8 Å². The molecule has 12 heteroatoms. The number of hydrogen-bond acceptors (Lipinski definition) is 8. The van der Waals surface area contributed by atoms with E-state index >= 15 is 0 Å². The molecule has 4 aromatic carbocycles. The minimum atomic E-state index is -2.17. The number of non-ortho nitro benzene ring substituents is 1. The van der Waals surface area contributed by atoms with Crippen LogP contribution in [0.2, 0.25) is 0 Å². The topological polar surface area (TPSA) is 154 Å². The van der Waals surface area contributed by atoms with Gasteiger partial charge in [0, 0.05) is 48.8 Å². The zero-order valence-electron chi connectivity index (χ0n) is 27.3. The van der Waals surface area contributed by atoms with Gasteiger partial charge < -0.3 is 24.7 Å². The zero-order chi connectivity index (χ0) is 35.4. The van der Waals surface area contributed by atoms with Crippen molar-refractivity contribution in [2.75, 3.05) is 29.6 Å². The normalized spacial score (nSPS) is 17.3. The summed E-state index contributed by atoms with van der Waals surface area (Å²) >= 11 is 0. The minimum Gasteiger partial charge on any atom is -0.482 e. The predicted octanol–water partition coefficient (Wildman–Crippen LogP) is 4.99. The van der Waals surface area contributed by atoms with Gasteiger partial charge in [0.2, 0.25) is 5.91 Å². The fourth-order valence-corrected chi connectivity index (χ4v) is 6.43. The van der Waals surface area contributed by atoms with Gasteiger partial charge in [0.15, 0.2) is 12.2 Å². The number of carbonyl (C=O) groups is 3. The number of carbonyl (C=O) groups excluding carboxylic acids is 3. The SMILES string of the molecule is C[C@H](/C=C/CC(=O)N(CCO)Cc1ccccc1)[C@@]1(O)C(=O)N(Cc2cccc(N3C(=O)COc4ccccc43)c2)c2ccc([N+](=O)[O-])cc21. The van der Waals surface area contributed by atoms with Gasteiger partial charge in [0.25, 0.3) is 17.5 Å². The standard InChI is InChI=1S/C38H36N4O8/c1-26(9-7-16-35(44)39(19-20-43)23-27-10-3-2-4-11-27)38(47)31-22-30(42(48)49)17-18-32(31)40(37(38)46)24-28-12-8-13-29(21-28)41-33-14-5-6-15-34(33)50-25-36(41)45/h2-15,17-18,21-22,26,43,47H,16,19-20,23-25H2,1H3/b9-7+/t26-,38+/m1/s1. The molecule has 0 aromatic heterocycles. The third-order valence-corrected chi connectivity index (χ3v) is 8.99. The lowest BCUT2D eigenvalue weighted by Crippen LogP contribution is -2.44. The molecule has 0 aliphatic carbocycles. The quantitative estimate of drug-likeness (QED) is 0.121. The van der Waals surface area contributed by atoms with Crippen LogP contribution in [0.15, 0.2) is 109 Å². The second-order valence-corrected chi connectivity index (χ2v) is 12.2. The second kappa shape index (κ2) is 14.3. The van der Waals surface area contributed by atoms with E-state index in [9.17, 15) is 34.7 Å². The van der Waals surface area contributed by atoms with Crippen LogP contribution < -0.4 is 14.5 Å². The van der Waals surface area contributed by atoms with E-state index in [2.05, 4.69) is 0 Å².